The van der Waals surface area contributed by atoms with Crippen molar-refractivity contribution >= 4 is 43.6 Å². The number of para-hydroxylation sites is 2. The van der Waals surface area contributed by atoms with Crippen molar-refractivity contribution in [1.82, 2.24) is 9.13 Å². The van der Waals surface area contributed by atoms with Gasteiger partial charge in [0.15, 0.2) is 0 Å². The third-order valence-corrected chi connectivity index (χ3v) is 12.7. The molecule has 2 aliphatic rings. The first-order chi connectivity index (χ1) is 24.4. The van der Waals surface area contributed by atoms with Crippen molar-refractivity contribution in [3.05, 3.63) is 144 Å². The molecular weight excluding hydrogens is 605 g/mol. The Kier molecular flexibility index (Phi) is 6.38. The van der Waals surface area contributed by atoms with E-state index in [1.807, 2.05) is 0 Å². The van der Waals surface area contributed by atoms with Gasteiger partial charge in [-0.3, -0.25) is 0 Å². The molecule has 0 aliphatic heterocycles. The molecule has 0 bridgehead atoms. The van der Waals surface area contributed by atoms with E-state index in [2.05, 4.69) is 158 Å². The van der Waals surface area contributed by atoms with Crippen LogP contribution in [0.25, 0.3) is 65.9 Å². The fourth-order valence-electron chi connectivity index (χ4n) is 10.3. The summed E-state index contributed by atoms with van der Waals surface area (Å²) in [6, 6.07) is 46.9. The van der Waals surface area contributed by atoms with Gasteiger partial charge in [0.2, 0.25) is 0 Å². The third-order valence-electron chi connectivity index (χ3n) is 12.7. The molecule has 0 radical (unpaired) electrons. The van der Waals surface area contributed by atoms with Gasteiger partial charge >= 0.3 is 0 Å². The molecule has 2 heterocycles. The highest BCUT2D eigenvalue weighted by Crippen LogP contribution is 2.57. The fourth-order valence-corrected chi connectivity index (χ4v) is 10.3. The smallest absolute Gasteiger partial charge is 0.0491 e. The number of benzene rings is 6. The van der Waals surface area contributed by atoms with Crippen LogP contribution in [0.4, 0.5) is 0 Å². The highest BCUT2D eigenvalue weighted by Gasteiger charge is 2.48. The lowest BCUT2D eigenvalue weighted by atomic mass is 9.57. The SMILES string of the molecule is CCn1c2ccccc2c2cc(-c3ccc4c(c3)C3(CCCC3)c3cc(-c5ccc6c(c5)c5ccccc5n6CC)ccc3C4(C)C)ccc21. The Hall–Kier alpha value is -5.08. The van der Waals surface area contributed by atoms with Gasteiger partial charge in [-0.2, -0.15) is 0 Å². The molecule has 6 aromatic carbocycles. The minimum Gasteiger partial charge on any atom is -0.341 e. The van der Waals surface area contributed by atoms with E-state index in [1.165, 1.54) is 103 Å². The van der Waals surface area contributed by atoms with Gasteiger partial charge in [0, 0.05) is 67.5 Å². The molecule has 2 aromatic heterocycles. The van der Waals surface area contributed by atoms with Crippen molar-refractivity contribution in [2.45, 2.75) is 77.3 Å². The van der Waals surface area contributed by atoms with Crippen LogP contribution in [0.1, 0.15) is 75.6 Å². The highest BCUT2D eigenvalue weighted by molar-refractivity contribution is 6.10. The van der Waals surface area contributed by atoms with Gasteiger partial charge in [-0.15, -0.1) is 0 Å². The van der Waals surface area contributed by atoms with Crippen LogP contribution in [-0.2, 0) is 23.9 Å². The molecule has 1 spiro atoms. The Balaban J connectivity index is 1.14. The lowest BCUT2D eigenvalue weighted by molar-refractivity contribution is 0.467. The van der Waals surface area contributed by atoms with E-state index in [-0.39, 0.29) is 10.8 Å². The van der Waals surface area contributed by atoms with Crippen LogP contribution >= 0.6 is 0 Å². The van der Waals surface area contributed by atoms with Gasteiger partial charge in [0.05, 0.1) is 0 Å². The summed E-state index contributed by atoms with van der Waals surface area (Å²) in [5, 5.41) is 5.39. The van der Waals surface area contributed by atoms with Gasteiger partial charge in [0.25, 0.3) is 0 Å². The molecule has 2 aliphatic carbocycles. The van der Waals surface area contributed by atoms with Crippen molar-refractivity contribution in [2.75, 3.05) is 0 Å². The van der Waals surface area contributed by atoms with Gasteiger partial charge in [-0.05, 0) is 120 Å². The largest absolute Gasteiger partial charge is 0.341 e. The van der Waals surface area contributed by atoms with Crippen LogP contribution in [-0.4, -0.2) is 9.13 Å². The van der Waals surface area contributed by atoms with Crippen LogP contribution in [0.15, 0.2) is 121 Å². The minimum atomic E-state index is -0.0768. The number of aryl methyl sites for hydroxylation is 2. The first kappa shape index (κ1) is 29.8. The lowest BCUT2D eigenvalue weighted by Gasteiger charge is -2.46. The highest BCUT2D eigenvalue weighted by atomic mass is 15.0. The molecule has 0 amide bonds. The predicted octanol–water partition coefficient (Wildman–Crippen LogP) is 12.8. The number of aromatic nitrogens is 2. The van der Waals surface area contributed by atoms with E-state index < -0.39 is 0 Å². The normalized spacial score (nSPS) is 16.2. The van der Waals surface area contributed by atoms with Crippen molar-refractivity contribution in [3.8, 4) is 22.3 Å². The molecular formula is C48H44N2. The van der Waals surface area contributed by atoms with E-state index in [0.717, 1.165) is 13.1 Å². The van der Waals surface area contributed by atoms with Crippen LogP contribution in [0.2, 0.25) is 0 Å². The molecule has 50 heavy (non-hydrogen) atoms. The van der Waals surface area contributed by atoms with E-state index >= 15 is 0 Å². The van der Waals surface area contributed by atoms with Crippen molar-refractivity contribution in [2.24, 2.45) is 0 Å². The summed E-state index contributed by atoms with van der Waals surface area (Å²) in [4.78, 5) is 0. The van der Waals surface area contributed by atoms with E-state index in [9.17, 15) is 0 Å². The molecule has 10 rings (SSSR count). The molecule has 1 saturated carbocycles. The van der Waals surface area contributed by atoms with Crippen LogP contribution in [0, 0.1) is 0 Å². The monoisotopic (exact) mass is 648 g/mol. The van der Waals surface area contributed by atoms with E-state index in [1.54, 1.807) is 11.1 Å². The molecule has 1 fully saturated rings. The number of rotatable bonds is 4. The van der Waals surface area contributed by atoms with Crippen molar-refractivity contribution < 1.29 is 0 Å². The maximum Gasteiger partial charge on any atom is 0.0491 e. The van der Waals surface area contributed by atoms with Crippen LogP contribution in [0.5, 0.6) is 0 Å². The summed E-state index contributed by atoms with van der Waals surface area (Å²) in [6.45, 7) is 11.3. The Bertz CT molecular complexity index is 2480. The molecule has 8 aromatic rings. The summed E-state index contributed by atoms with van der Waals surface area (Å²) in [5.74, 6) is 0. The van der Waals surface area contributed by atoms with Crippen molar-refractivity contribution in [3.63, 3.8) is 0 Å². The third kappa shape index (κ3) is 3.97. The summed E-state index contributed by atoms with van der Waals surface area (Å²) in [7, 11) is 0. The predicted molar refractivity (Wildman–Crippen MR) is 212 cm³/mol. The molecule has 2 nitrogen and oxygen atoms in total. The maximum atomic E-state index is 2.59. The summed E-state index contributed by atoms with van der Waals surface area (Å²) in [5.41, 5.74) is 16.6. The molecule has 0 N–H and O–H groups in total. The van der Waals surface area contributed by atoms with Crippen molar-refractivity contribution in [1.29, 1.82) is 0 Å². The minimum absolute atomic E-state index is 0.0386. The van der Waals surface area contributed by atoms with Crippen LogP contribution < -0.4 is 0 Å². The molecule has 0 atom stereocenters. The average Bonchev–Trinajstić information content (AvgIpc) is 3.86. The Morgan fingerprint density at radius 2 is 0.840 bits per heavy atom. The second-order valence-corrected chi connectivity index (χ2v) is 15.4. The Morgan fingerprint density at radius 3 is 1.30 bits per heavy atom. The topological polar surface area (TPSA) is 9.86 Å². The quantitative estimate of drug-likeness (QED) is 0.180. The number of hydrogen-bond donors (Lipinski definition) is 0. The zero-order valence-electron chi connectivity index (χ0n) is 29.7. The average molecular weight is 649 g/mol. The first-order valence-electron chi connectivity index (χ1n) is 18.8. The van der Waals surface area contributed by atoms with E-state index in [0.29, 0.717) is 0 Å². The molecule has 246 valence electrons. The maximum absolute atomic E-state index is 2.59. The molecule has 0 unspecified atom stereocenters. The number of hydrogen-bond acceptors (Lipinski definition) is 0. The van der Waals surface area contributed by atoms with Gasteiger partial charge in [-0.1, -0.05) is 99.5 Å². The van der Waals surface area contributed by atoms with Gasteiger partial charge in [0.1, 0.15) is 0 Å². The van der Waals surface area contributed by atoms with Gasteiger partial charge < -0.3 is 9.13 Å². The second kappa shape index (κ2) is 10.7. The second-order valence-electron chi connectivity index (χ2n) is 15.4. The van der Waals surface area contributed by atoms with Gasteiger partial charge in [-0.25, -0.2) is 0 Å². The molecule has 0 saturated heterocycles. The summed E-state index contributed by atoms with van der Waals surface area (Å²) < 4.78 is 4.90. The first-order valence-corrected chi connectivity index (χ1v) is 18.8. The standard InChI is InChI=1S/C48H44N2/c1-5-49-43-15-9-7-13-35(43)37-27-31(19-23-45(37)49)33-17-21-39-41(29-33)48(25-11-12-26-48)42-30-34(18-22-40(42)47(39,3)4)32-20-24-46-38(28-32)36-14-8-10-16-44(36)50(46)6-2/h7-10,13-24,27-30H,5-6,11-12,25-26H2,1-4H3. The summed E-state index contributed by atoms with van der Waals surface area (Å²) >= 11 is 0. The molecule has 2 heteroatoms. The zero-order chi connectivity index (χ0) is 33.8. The summed E-state index contributed by atoms with van der Waals surface area (Å²) in [6.07, 6.45) is 4.97. The van der Waals surface area contributed by atoms with Crippen LogP contribution in [0.3, 0.4) is 0 Å². The Morgan fingerprint density at radius 1 is 0.440 bits per heavy atom. The lowest BCUT2D eigenvalue weighted by Crippen LogP contribution is -2.38. The number of fused-ring (bicyclic) bond motifs is 10. The fraction of sp³-hybridized carbons (Fsp3) is 0.250. The zero-order valence-corrected chi connectivity index (χ0v) is 29.7. The Labute approximate surface area is 295 Å². The van der Waals surface area contributed by atoms with E-state index in [4.69, 9.17) is 0 Å². The number of nitrogens with zero attached hydrogens (tertiary/aromatic N) is 2.